The molecule has 1 rings (SSSR count). The summed E-state index contributed by atoms with van der Waals surface area (Å²) in [5.74, 6) is 0.0761. The minimum Gasteiger partial charge on any atom is -0.382 e. The summed E-state index contributed by atoms with van der Waals surface area (Å²) in [5, 5.41) is 6.26. The van der Waals surface area contributed by atoms with Gasteiger partial charge in [-0.15, -0.1) is 24.0 Å². The molecule has 150 valence electrons. The monoisotopic (exact) mass is 501 g/mol. The lowest BCUT2D eigenvalue weighted by atomic mass is 10.1. The van der Waals surface area contributed by atoms with Crippen molar-refractivity contribution in [2.45, 2.75) is 32.1 Å². The molecule has 26 heavy (non-hydrogen) atoms. The molecule has 0 aromatic heterocycles. The predicted octanol–water partition coefficient (Wildman–Crippen LogP) is 2.47. The van der Waals surface area contributed by atoms with E-state index < -0.39 is 15.7 Å². The van der Waals surface area contributed by atoms with Crippen molar-refractivity contribution in [1.29, 1.82) is 0 Å². The Morgan fingerprint density at radius 1 is 1.23 bits per heavy atom. The first-order chi connectivity index (χ1) is 11.9. The third-order valence-corrected chi connectivity index (χ3v) is 4.30. The summed E-state index contributed by atoms with van der Waals surface area (Å²) in [6.45, 7) is 4.46. The van der Waals surface area contributed by atoms with Gasteiger partial charge in [0.2, 0.25) is 0 Å². The number of nitrogens with zero attached hydrogens (tertiary/aromatic N) is 1. The SMILES string of the molecule is CCOCCCCNC(=NC)NCc1cc(F)ccc1CS(C)(=O)=O.I. The number of sulfone groups is 1. The van der Waals surface area contributed by atoms with Crippen LogP contribution in [0.3, 0.4) is 0 Å². The Balaban J connectivity index is 0.00000625. The molecule has 6 nitrogen and oxygen atoms in total. The maximum absolute atomic E-state index is 13.5. The van der Waals surface area contributed by atoms with E-state index >= 15 is 0 Å². The van der Waals surface area contributed by atoms with Gasteiger partial charge in [0.05, 0.1) is 5.75 Å². The van der Waals surface area contributed by atoms with E-state index in [0.717, 1.165) is 38.9 Å². The van der Waals surface area contributed by atoms with Gasteiger partial charge in [0.15, 0.2) is 15.8 Å². The van der Waals surface area contributed by atoms with E-state index in [9.17, 15) is 12.8 Å². The van der Waals surface area contributed by atoms with Crippen molar-refractivity contribution in [3.8, 4) is 0 Å². The topological polar surface area (TPSA) is 79.8 Å². The Hall–Kier alpha value is -0.940. The van der Waals surface area contributed by atoms with Crippen LogP contribution in [0.4, 0.5) is 4.39 Å². The van der Waals surface area contributed by atoms with Gasteiger partial charge in [-0.1, -0.05) is 6.07 Å². The molecule has 0 saturated heterocycles. The van der Waals surface area contributed by atoms with Crippen LogP contribution in [0.1, 0.15) is 30.9 Å². The number of hydrogen-bond donors (Lipinski definition) is 2. The van der Waals surface area contributed by atoms with Crippen molar-refractivity contribution in [3.63, 3.8) is 0 Å². The van der Waals surface area contributed by atoms with Gasteiger partial charge in [-0.2, -0.15) is 0 Å². The molecule has 0 atom stereocenters. The van der Waals surface area contributed by atoms with Crippen LogP contribution in [-0.2, 0) is 26.9 Å². The van der Waals surface area contributed by atoms with E-state index in [4.69, 9.17) is 4.74 Å². The third-order valence-electron chi connectivity index (χ3n) is 3.47. The zero-order chi connectivity index (χ0) is 18.7. The van der Waals surface area contributed by atoms with Crippen LogP contribution in [0, 0.1) is 5.82 Å². The summed E-state index contributed by atoms with van der Waals surface area (Å²) in [4.78, 5) is 4.11. The van der Waals surface area contributed by atoms with Crippen molar-refractivity contribution < 1.29 is 17.5 Å². The Bertz CT molecular complexity index is 669. The summed E-state index contributed by atoms with van der Waals surface area (Å²) in [7, 11) is -1.54. The van der Waals surface area contributed by atoms with Crippen molar-refractivity contribution in [1.82, 2.24) is 10.6 Å². The van der Waals surface area contributed by atoms with E-state index in [2.05, 4.69) is 15.6 Å². The molecule has 0 unspecified atom stereocenters. The molecule has 0 radical (unpaired) electrons. The molecule has 0 amide bonds. The van der Waals surface area contributed by atoms with Crippen LogP contribution in [0.25, 0.3) is 0 Å². The minimum atomic E-state index is -3.19. The Morgan fingerprint density at radius 2 is 1.96 bits per heavy atom. The molecule has 0 fully saturated rings. The van der Waals surface area contributed by atoms with Gasteiger partial charge >= 0.3 is 0 Å². The van der Waals surface area contributed by atoms with Crippen molar-refractivity contribution in [2.24, 2.45) is 4.99 Å². The Labute approximate surface area is 172 Å². The van der Waals surface area contributed by atoms with Gasteiger partial charge in [0.1, 0.15) is 5.82 Å². The van der Waals surface area contributed by atoms with Gasteiger partial charge in [-0.05, 0) is 43.0 Å². The number of ether oxygens (including phenoxy) is 1. The number of halogens is 2. The first-order valence-corrected chi connectivity index (χ1v) is 10.4. The molecule has 0 bridgehead atoms. The Kier molecular flexibility index (Phi) is 12.8. The van der Waals surface area contributed by atoms with Gasteiger partial charge in [-0.3, -0.25) is 4.99 Å². The molecular weight excluding hydrogens is 472 g/mol. The van der Waals surface area contributed by atoms with Crippen LogP contribution in [0.15, 0.2) is 23.2 Å². The van der Waals surface area contributed by atoms with Crippen LogP contribution in [0.5, 0.6) is 0 Å². The van der Waals surface area contributed by atoms with E-state index in [1.54, 1.807) is 7.05 Å². The number of rotatable bonds is 10. The highest BCUT2D eigenvalue weighted by molar-refractivity contribution is 14.0. The maximum Gasteiger partial charge on any atom is 0.191 e. The highest BCUT2D eigenvalue weighted by atomic mass is 127. The summed E-state index contributed by atoms with van der Waals surface area (Å²) in [5.41, 5.74) is 1.19. The highest BCUT2D eigenvalue weighted by Gasteiger charge is 2.11. The quantitative estimate of drug-likeness (QED) is 0.223. The molecule has 0 heterocycles. The maximum atomic E-state index is 13.5. The summed E-state index contributed by atoms with van der Waals surface area (Å²) >= 11 is 0. The Morgan fingerprint density at radius 3 is 2.58 bits per heavy atom. The first-order valence-electron chi connectivity index (χ1n) is 8.33. The van der Waals surface area contributed by atoms with Gasteiger partial charge in [-0.25, -0.2) is 12.8 Å². The fraction of sp³-hybridized carbons (Fsp3) is 0.588. The summed E-state index contributed by atoms with van der Waals surface area (Å²) < 4.78 is 41.8. The van der Waals surface area contributed by atoms with Crippen LogP contribution >= 0.6 is 24.0 Å². The molecule has 0 aliphatic rings. The third kappa shape index (κ3) is 10.9. The minimum absolute atomic E-state index is 0. The smallest absolute Gasteiger partial charge is 0.191 e. The van der Waals surface area contributed by atoms with Crippen LogP contribution < -0.4 is 10.6 Å². The van der Waals surface area contributed by atoms with E-state index in [0.29, 0.717) is 23.6 Å². The predicted molar refractivity (Wildman–Crippen MR) is 114 cm³/mol. The van der Waals surface area contributed by atoms with E-state index in [1.165, 1.54) is 18.2 Å². The molecular formula is C17H29FIN3O3S. The first kappa shape index (κ1) is 25.1. The van der Waals surface area contributed by atoms with E-state index in [1.807, 2.05) is 6.92 Å². The zero-order valence-electron chi connectivity index (χ0n) is 15.5. The average molecular weight is 501 g/mol. The number of unbranched alkanes of at least 4 members (excludes halogenated alkanes) is 1. The number of benzene rings is 1. The molecule has 0 spiro atoms. The highest BCUT2D eigenvalue weighted by Crippen LogP contribution is 2.14. The van der Waals surface area contributed by atoms with Crippen molar-refractivity contribution in [3.05, 3.63) is 35.1 Å². The fourth-order valence-electron chi connectivity index (χ4n) is 2.26. The molecule has 0 aliphatic heterocycles. The molecule has 9 heteroatoms. The second kappa shape index (κ2) is 13.3. The lowest BCUT2D eigenvalue weighted by Crippen LogP contribution is -2.37. The fourth-order valence-corrected chi connectivity index (χ4v) is 3.11. The average Bonchev–Trinajstić information content (AvgIpc) is 2.54. The van der Waals surface area contributed by atoms with Gasteiger partial charge in [0, 0.05) is 39.6 Å². The van der Waals surface area contributed by atoms with Crippen LogP contribution in [-0.4, -0.2) is 47.4 Å². The number of guanidine groups is 1. The molecule has 0 aliphatic carbocycles. The number of aliphatic imine (C=N–C) groups is 1. The largest absolute Gasteiger partial charge is 0.382 e. The second-order valence-corrected chi connectivity index (χ2v) is 7.88. The van der Waals surface area contributed by atoms with Crippen molar-refractivity contribution >= 4 is 39.8 Å². The second-order valence-electron chi connectivity index (χ2n) is 5.74. The van der Waals surface area contributed by atoms with E-state index in [-0.39, 0.29) is 29.7 Å². The lowest BCUT2D eigenvalue weighted by Gasteiger charge is -2.14. The standard InChI is InChI=1S/C17H28FN3O3S.HI/c1-4-24-10-6-5-9-20-17(19-2)21-12-15-11-16(18)8-7-14(15)13-25(3,22)23;/h7-8,11H,4-6,9-10,12-13H2,1-3H3,(H2,19,20,21);1H. The molecule has 1 aromatic carbocycles. The van der Waals surface area contributed by atoms with Crippen molar-refractivity contribution in [2.75, 3.05) is 33.1 Å². The molecule has 2 N–H and O–H groups in total. The molecule has 0 saturated carbocycles. The lowest BCUT2D eigenvalue weighted by molar-refractivity contribution is 0.143. The van der Waals surface area contributed by atoms with Gasteiger partial charge in [0.25, 0.3) is 0 Å². The molecule has 1 aromatic rings. The number of hydrogen-bond acceptors (Lipinski definition) is 4. The number of nitrogens with one attached hydrogen (secondary N) is 2. The van der Waals surface area contributed by atoms with Crippen LogP contribution in [0.2, 0.25) is 0 Å². The summed E-state index contributed by atoms with van der Waals surface area (Å²) in [6.07, 6.45) is 3.07. The zero-order valence-corrected chi connectivity index (χ0v) is 18.7. The normalized spacial score (nSPS) is 11.8. The van der Waals surface area contributed by atoms with Gasteiger partial charge < -0.3 is 15.4 Å². The summed E-state index contributed by atoms with van der Waals surface area (Å²) in [6, 6.07) is 4.13.